The number of quaternary nitrogens is 5. The molecule has 0 aliphatic carbocycles. The number of rotatable bonds is 28. The smallest absolute Gasteiger partial charge is 0.428 e. The van der Waals surface area contributed by atoms with Crippen LogP contribution in [0.2, 0.25) is 0 Å². The van der Waals surface area contributed by atoms with Crippen molar-refractivity contribution in [2.45, 2.75) is 164 Å². The number of hydrogen-bond donors (Lipinski definition) is 0. The number of imidazole rings is 1. The number of imide groups is 2. The number of aryl methyl sites for hydroxylation is 2. The van der Waals surface area contributed by atoms with E-state index in [4.69, 9.17) is 23.7 Å². The van der Waals surface area contributed by atoms with Gasteiger partial charge in [-0.1, -0.05) is 87.6 Å². The van der Waals surface area contributed by atoms with Gasteiger partial charge in [-0.25, -0.2) is 18.7 Å². The van der Waals surface area contributed by atoms with E-state index in [2.05, 4.69) is 126 Å². The minimum Gasteiger partial charge on any atom is -0.428 e. The van der Waals surface area contributed by atoms with Gasteiger partial charge in [-0.2, -0.15) is 0 Å². The number of nitrogens with zero attached hydrogens (tertiary/aromatic N) is 9. The second kappa shape index (κ2) is 48.3. The van der Waals surface area contributed by atoms with Crippen molar-refractivity contribution in [3.8, 4) is 11.5 Å². The number of para-hydroxylation sites is 2. The summed E-state index contributed by atoms with van der Waals surface area (Å²) >= 11 is 0. The van der Waals surface area contributed by atoms with E-state index in [1.807, 2.05) is 50.5 Å². The fourth-order valence-corrected chi connectivity index (χ4v) is 10.6. The van der Waals surface area contributed by atoms with E-state index in [9.17, 15) is 28.8 Å². The van der Waals surface area contributed by atoms with E-state index in [-0.39, 0.29) is 36.8 Å². The predicted octanol–water partition coefficient (Wildman–Crippen LogP) is 12.8. The van der Waals surface area contributed by atoms with Crippen molar-refractivity contribution in [3.05, 3.63) is 115 Å². The number of likely N-dealkylation sites (tertiary alicyclic amines) is 2. The quantitative estimate of drug-likeness (QED) is 0.0133. The van der Waals surface area contributed by atoms with Gasteiger partial charge in [-0.15, -0.1) is 0 Å². The van der Waals surface area contributed by atoms with Crippen LogP contribution in [0, 0.1) is 0 Å². The van der Waals surface area contributed by atoms with Gasteiger partial charge in [0, 0.05) is 43.5 Å². The van der Waals surface area contributed by atoms with Gasteiger partial charge in [0.2, 0.25) is 24.0 Å². The fourth-order valence-electron chi connectivity index (χ4n) is 10.6. The molecule has 98 heavy (non-hydrogen) atoms. The van der Waals surface area contributed by atoms with Crippen LogP contribution in [0.4, 0.5) is 9.59 Å². The van der Waals surface area contributed by atoms with Crippen LogP contribution in [0.15, 0.2) is 104 Å². The zero-order chi connectivity index (χ0) is 72.9. The van der Waals surface area contributed by atoms with Crippen LogP contribution in [0.25, 0.3) is 0 Å². The molecule has 0 N–H and O–H groups in total. The Kier molecular flexibility index (Phi) is 43.1. The van der Waals surface area contributed by atoms with E-state index < -0.39 is 12.3 Å². The molecule has 0 bridgehead atoms. The number of ether oxygens (including phenoxy) is 5. The maximum atomic E-state index is 12.6. The van der Waals surface area contributed by atoms with E-state index in [0.717, 1.165) is 117 Å². The van der Waals surface area contributed by atoms with Crippen molar-refractivity contribution in [1.82, 2.24) is 14.4 Å². The Bertz CT molecular complexity index is 2740. The van der Waals surface area contributed by atoms with Gasteiger partial charge in [0.05, 0.1) is 130 Å². The van der Waals surface area contributed by atoms with Crippen molar-refractivity contribution in [2.75, 3.05) is 168 Å². The van der Waals surface area contributed by atoms with Gasteiger partial charge < -0.3 is 46.1 Å². The molecule has 3 aromatic carbocycles. The van der Waals surface area contributed by atoms with Crippen molar-refractivity contribution >= 4 is 35.9 Å². The molecule has 20 nitrogen and oxygen atoms in total. The molecular formula is C78H135N9O11+6. The Balaban J connectivity index is 0.000000423. The maximum absolute atomic E-state index is 12.6. The van der Waals surface area contributed by atoms with Crippen molar-refractivity contribution in [3.63, 3.8) is 0 Å². The number of likely N-dealkylation sites (N-methyl/N-ethyl adjacent to an activating group) is 2. The average Bonchev–Trinajstić information content (AvgIpc) is 1.16. The van der Waals surface area contributed by atoms with Crippen LogP contribution in [0.1, 0.15) is 167 Å². The summed E-state index contributed by atoms with van der Waals surface area (Å²) in [6.07, 6.45) is 22.2. The zero-order valence-corrected chi connectivity index (χ0v) is 64.1. The molecule has 0 atom stereocenters. The number of hydrogen-bond acceptors (Lipinski definition) is 11. The van der Waals surface area contributed by atoms with E-state index in [0.29, 0.717) is 67.0 Å². The Hall–Kier alpha value is -6.55. The van der Waals surface area contributed by atoms with Gasteiger partial charge >= 0.3 is 12.3 Å². The molecule has 0 unspecified atom stereocenters. The first-order valence-electron chi connectivity index (χ1n) is 36.8. The number of amides is 4. The predicted molar refractivity (Wildman–Crippen MR) is 392 cm³/mol. The molecule has 20 heteroatoms. The van der Waals surface area contributed by atoms with Gasteiger partial charge in [0.25, 0.3) is 5.91 Å². The van der Waals surface area contributed by atoms with Crippen LogP contribution in [0.5, 0.6) is 11.5 Å². The van der Waals surface area contributed by atoms with E-state index in [1.165, 1.54) is 84.7 Å². The highest BCUT2D eigenvalue weighted by Gasteiger charge is 2.27. The Labute approximate surface area is 592 Å². The van der Waals surface area contributed by atoms with Crippen molar-refractivity contribution in [1.29, 1.82) is 0 Å². The lowest BCUT2D eigenvalue weighted by atomic mass is 10.1. The highest BCUT2D eigenvalue weighted by molar-refractivity contribution is 6.04. The lowest BCUT2D eigenvalue weighted by Gasteiger charge is -2.36. The lowest BCUT2D eigenvalue weighted by Crippen LogP contribution is -2.51. The van der Waals surface area contributed by atoms with Gasteiger partial charge in [-0.3, -0.25) is 29.0 Å². The molecule has 3 aliphatic heterocycles. The molecule has 3 aliphatic rings. The topological polar surface area (TPSA) is 164 Å². The van der Waals surface area contributed by atoms with Gasteiger partial charge in [-0.05, 0) is 129 Å². The van der Waals surface area contributed by atoms with E-state index in [1.54, 1.807) is 48.5 Å². The highest BCUT2D eigenvalue weighted by Crippen LogP contribution is 2.20. The molecule has 7 rings (SSSR count). The first-order chi connectivity index (χ1) is 46.5. The number of carbonyl (C=O) groups is 6. The summed E-state index contributed by atoms with van der Waals surface area (Å²) < 4.78 is 34.6. The normalized spacial score (nSPS) is 14.8. The molecular weight excluding hydrogens is 1240 g/mol. The summed E-state index contributed by atoms with van der Waals surface area (Å²) in [7, 11) is 21.3. The molecule has 1 aromatic heterocycles. The van der Waals surface area contributed by atoms with Crippen LogP contribution in [-0.2, 0) is 48.7 Å². The summed E-state index contributed by atoms with van der Waals surface area (Å²) in [5.41, 5.74) is 1.87. The Morgan fingerprint density at radius 2 is 1.05 bits per heavy atom. The number of benzene rings is 3. The standard InChI is InChI=1S/C20H31N2O2.C20H24NO6.C15H29N2O2.C11H21N2.C7H16NO.C5H14N/c1-4-22(5-2,6-3)16-17-11-13-18(14-12-17)20(24)21-15-9-7-8-10-19(21)23;1-21(2,13-15-24-19(22)26-17-9-5-3-6-10-17)14-16-25-20(23)27-18-11-7-4-8-12-18;1-17(2,3)13-9-5-7-11-15(19)16-12-8-4-6-10-14(16)18;1-3-4-5-6-7-8-13-10-9-12(2)11-13;1-3-8(2)4-6-9-7-5-8;1-5-6(2,3)4/h11-14H,4-10,15-16H2,1-3H3;3-12H,13-16H2,1-2H3;4-13H2,1-3H3;9-11H,3-8H2,1-2H3;3-7H2,1-2H3;5H2,1-4H3/q6*+1. The fraction of sp³-hybridized carbons (Fsp3) is 0.654. The molecule has 4 heterocycles. The summed E-state index contributed by atoms with van der Waals surface area (Å²) in [6.45, 7) is 29.4. The molecule has 4 amide bonds. The minimum atomic E-state index is -0.746. The SMILES string of the molecule is CCCCCCCn1cc[n+](C)c1.CC[N+](C)(C)C.CC[N+](CC)(CC)Cc1ccc(C(=O)N2CCCCCC2=O)cc1.CC[N+]1(C)CCOCC1.C[N+](C)(C)CCCCCC(=O)N1CCCCCC1=O.C[N+](C)(CCOC(=O)Oc1ccccc1)CCOC(=O)Oc1ccccc1. The first kappa shape index (κ1) is 87.5. The highest BCUT2D eigenvalue weighted by atomic mass is 16.7. The second-order valence-corrected chi connectivity index (χ2v) is 29.1. The summed E-state index contributed by atoms with van der Waals surface area (Å²) in [5.74, 6) is 0.769. The third kappa shape index (κ3) is 39.9. The third-order valence-corrected chi connectivity index (χ3v) is 18.5. The van der Waals surface area contributed by atoms with Crippen molar-refractivity contribution in [2.24, 2.45) is 7.05 Å². The van der Waals surface area contributed by atoms with Crippen LogP contribution in [0.3, 0.4) is 0 Å². The number of carbonyl (C=O) groups excluding carboxylic acids is 6. The third-order valence-electron chi connectivity index (χ3n) is 18.5. The van der Waals surface area contributed by atoms with E-state index >= 15 is 0 Å². The Morgan fingerprint density at radius 1 is 0.561 bits per heavy atom. The molecule has 4 aromatic rings. The molecule has 0 saturated carbocycles. The van der Waals surface area contributed by atoms with Crippen molar-refractivity contribution < 1.29 is 79.4 Å². The number of unbranched alkanes of at least 4 members (excludes halogenated alkanes) is 6. The monoisotopic (exact) mass is 1370 g/mol. The molecule has 0 spiro atoms. The summed E-state index contributed by atoms with van der Waals surface area (Å²) in [6, 6.07) is 25.3. The lowest BCUT2D eigenvalue weighted by molar-refractivity contribution is -0.936. The molecule has 3 saturated heterocycles. The minimum absolute atomic E-state index is 0.0276. The largest absolute Gasteiger partial charge is 0.514 e. The van der Waals surface area contributed by atoms with Crippen LogP contribution in [-0.4, -0.2) is 241 Å². The van der Waals surface area contributed by atoms with Gasteiger partial charge in [0.15, 0.2) is 0 Å². The number of aromatic nitrogens is 2. The second-order valence-electron chi connectivity index (χ2n) is 29.1. The van der Waals surface area contributed by atoms with Crippen LogP contribution >= 0.6 is 0 Å². The maximum Gasteiger partial charge on any atom is 0.514 e. The van der Waals surface area contributed by atoms with Crippen LogP contribution < -0.4 is 14.0 Å². The zero-order valence-electron chi connectivity index (χ0n) is 64.1. The Morgan fingerprint density at radius 3 is 1.50 bits per heavy atom. The van der Waals surface area contributed by atoms with Gasteiger partial charge in [0.1, 0.15) is 69.8 Å². The molecule has 0 radical (unpaired) electrons. The first-order valence-corrected chi connectivity index (χ1v) is 36.8. The number of morpholine rings is 1. The molecule has 3 fully saturated rings. The average molecular weight is 1370 g/mol. The summed E-state index contributed by atoms with van der Waals surface area (Å²) in [4.78, 5) is 74.7. The summed E-state index contributed by atoms with van der Waals surface area (Å²) in [5, 5.41) is 0. The molecule has 552 valence electrons.